The quantitative estimate of drug-likeness (QED) is 0.796. The van der Waals surface area contributed by atoms with E-state index < -0.39 is 5.92 Å². The fourth-order valence-electron chi connectivity index (χ4n) is 2.14. The number of nitriles is 2. The number of methoxy groups -OCH3 is 1. The van der Waals surface area contributed by atoms with Crippen molar-refractivity contribution in [3.8, 4) is 17.9 Å². The Labute approximate surface area is 122 Å². The number of benzene rings is 1. The van der Waals surface area contributed by atoms with Gasteiger partial charge in [-0.2, -0.15) is 10.5 Å². The van der Waals surface area contributed by atoms with Gasteiger partial charge in [0.1, 0.15) is 11.6 Å². The Hall–Kier alpha value is -2.70. The van der Waals surface area contributed by atoms with Crippen LogP contribution in [0.4, 0.5) is 0 Å². The molecular formula is C14H11N4OS-. The zero-order chi connectivity index (χ0) is 14.7. The number of rotatable bonds is 2. The Morgan fingerprint density at radius 2 is 1.90 bits per heavy atom. The van der Waals surface area contributed by atoms with Crippen LogP contribution in [0.25, 0.3) is 0 Å². The van der Waals surface area contributed by atoms with E-state index in [2.05, 4.69) is 11.4 Å². The molecule has 0 radical (unpaired) electrons. The summed E-state index contributed by atoms with van der Waals surface area (Å²) >= 11 is 5.13. The molecule has 1 atom stereocenters. The predicted molar refractivity (Wildman–Crippen MR) is 75.7 cm³/mol. The normalized spacial score (nSPS) is 18.1. The number of nitrogens with two attached hydrogens (primary N) is 1. The van der Waals surface area contributed by atoms with E-state index in [9.17, 15) is 10.5 Å². The van der Waals surface area contributed by atoms with Gasteiger partial charge in [-0.25, -0.2) is 0 Å². The summed E-state index contributed by atoms with van der Waals surface area (Å²) < 4.78 is 5.30. The van der Waals surface area contributed by atoms with E-state index in [1.165, 1.54) is 7.11 Å². The van der Waals surface area contributed by atoms with Crippen LogP contribution in [0.2, 0.25) is 0 Å². The minimum absolute atomic E-state index is 0.174. The molecule has 0 bridgehead atoms. The Balaban J connectivity index is 2.69. The first-order valence-electron chi connectivity index (χ1n) is 5.75. The topological polar surface area (TPSA) is 94.9 Å². The number of ether oxygens (including phenoxy) is 1. The maximum absolute atomic E-state index is 9.33. The molecule has 0 amide bonds. The van der Waals surface area contributed by atoms with Gasteiger partial charge in [0, 0.05) is 11.1 Å². The largest absolute Gasteiger partial charge is 0.761 e. The van der Waals surface area contributed by atoms with Gasteiger partial charge in [-0.15, -0.1) is 0 Å². The lowest BCUT2D eigenvalue weighted by atomic mass is 9.83. The van der Waals surface area contributed by atoms with Crippen LogP contribution in [-0.4, -0.2) is 7.11 Å². The van der Waals surface area contributed by atoms with E-state index in [-0.39, 0.29) is 22.0 Å². The van der Waals surface area contributed by atoms with Gasteiger partial charge in [-0.1, -0.05) is 23.2 Å². The third-order valence-electron chi connectivity index (χ3n) is 3.05. The molecular weight excluding hydrogens is 272 g/mol. The summed E-state index contributed by atoms with van der Waals surface area (Å²) in [6, 6.07) is 11.3. The number of dihydropyridines is 1. The van der Waals surface area contributed by atoms with Gasteiger partial charge >= 0.3 is 0 Å². The molecule has 0 aromatic heterocycles. The average Bonchev–Trinajstić information content (AvgIpc) is 2.46. The van der Waals surface area contributed by atoms with Gasteiger partial charge in [0.05, 0.1) is 30.7 Å². The molecule has 0 fully saturated rings. The maximum Gasteiger partial charge on any atom is 0.123 e. The van der Waals surface area contributed by atoms with Crippen LogP contribution in [0.1, 0.15) is 11.5 Å². The van der Waals surface area contributed by atoms with Crippen LogP contribution in [0.5, 0.6) is 5.75 Å². The second-order valence-electron chi connectivity index (χ2n) is 4.09. The monoisotopic (exact) mass is 283 g/mol. The summed E-state index contributed by atoms with van der Waals surface area (Å²) in [7, 11) is 1.53. The van der Waals surface area contributed by atoms with Crippen molar-refractivity contribution in [1.29, 1.82) is 10.5 Å². The smallest absolute Gasteiger partial charge is 0.123 e. The molecule has 1 heterocycles. The van der Waals surface area contributed by atoms with Gasteiger partial charge < -0.3 is 28.4 Å². The summed E-state index contributed by atoms with van der Waals surface area (Å²) in [6.07, 6.45) is 0. The van der Waals surface area contributed by atoms with Crippen molar-refractivity contribution >= 4 is 12.6 Å². The summed E-state index contributed by atoms with van der Waals surface area (Å²) in [4.78, 5) is 0. The molecule has 0 aliphatic carbocycles. The van der Waals surface area contributed by atoms with Crippen LogP contribution in [0, 0.1) is 22.7 Å². The minimum Gasteiger partial charge on any atom is -0.761 e. The van der Waals surface area contributed by atoms with Crippen molar-refractivity contribution in [2.75, 3.05) is 7.11 Å². The first-order chi connectivity index (χ1) is 9.63. The number of para-hydroxylation sites is 1. The number of hydrogen-bond donors (Lipinski definition) is 2. The predicted octanol–water partition coefficient (Wildman–Crippen LogP) is 1.36. The molecule has 1 aromatic rings. The van der Waals surface area contributed by atoms with E-state index in [1.54, 1.807) is 12.1 Å². The zero-order valence-electron chi connectivity index (χ0n) is 10.7. The molecule has 0 spiro atoms. The standard InChI is InChI=1S/C14H12N4OS/c1-19-11-5-3-2-4-8(11)12-9(6-15)13(17)18-14(20)10(12)7-16/h2-5,12,18,20H,17H2,1H3/p-1. The Morgan fingerprint density at radius 3 is 2.50 bits per heavy atom. The summed E-state index contributed by atoms with van der Waals surface area (Å²) in [5.74, 6) is 0.151. The average molecular weight is 283 g/mol. The first kappa shape index (κ1) is 13.7. The summed E-state index contributed by atoms with van der Waals surface area (Å²) in [5.41, 5.74) is 7.05. The van der Waals surface area contributed by atoms with Gasteiger partial charge in [-0.05, 0) is 6.07 Å². The number of nitrogens with zero attached hydrogens (tertiary/aromatic N) is 2. The molecule has 0 saturated heterocycles. The fourth-order valence-corrected chi connectivity index (χ4v) is 2.42. The Bertz CT molecular complexity index is 658. The Morgan fingerprint density at radius 1 is 1.25 bits per heavy atom. The van der Waals surface area contributed by atoms with Gasteiger partial charge in [-0.3, -0.25) is 0 Å². The molecule has 1 aliphatic rings. The SMILES string of the molecule is COc1ccccc1C1C(C#N)=C(N)NC([S-])=C1C#N. The van der Waals surface area contributed by atoms with Gasteiger partial charge in [0.2, 0.25) is 0 Å². The lowest BCUT2D eigenvalue weighted by molar-refractivity contribution is 0.409. The van der Waals surface area contributed by atoms with Crippen LogP contribution in [-0.2, 0) is 12.6 Å². The second-order valence-corrected chi connectivity index (χ2v) is 4.50. The Kier molecular flexibility index (Phi) is 3.79. The minimum atomic E-state index is -0.602. The second kappa shape index (κ2) is 5.52. The van der Waals surface area contributed by atoms with Crippen LogP contribution in [0.15, 0.2) is 46.3 Å². The van der Waals surface area contributed by atoms with Crippen LogP contribution < -0.4 is 15.8 Å². The van der Waals surface area contributed by atoms with Crippen molar-refractivity contribution in [2.24, 2.45) is 5.73 Å². The van der Waals surface area contributed by atoms with E-state index in [0.29, 0.717) is 11.3 Å². The zero-order valence-corrected chi connectivity index (χ0v) is 11.5. The lowest BCUT2D eigenvalue weighted by Gasteiger charge is -2.31. The first-order valence-corrected chi connectivity index (χ1v) is 6.15. The molecule has 1 unspecified atom stereocenters. The summed E-state index contributed by atoms with van der Waals surface area (Å²) in [6.45, 7) is 0. The third kappa shape index (κ3) is 2.13. The van der Waals surface area contributed by atoms with Crippen LogP contribution in [0.3, 0.4) is 0 Å². The van der Waals surface area contributed by atoms with Crippen molar-refractivity contribution < 1.29 is 4.74 Å². The molecule has 2 rings (SSSR count). The highest BCUT2D eigenvalue weighted by Gasteiger charge is 2.29. The van der Waals surface area contributed by atoms with Crippen molar-refractivity contribution in [1.82, 2.24) is 5.32 Å². The van der Waals surface area contributed by atoms with E-state index >= 15 is 0 Å². The van der Waals surface area contributed by atoms with Crippen molar-refractivity contribution in [2.45, 2.75) is 5.92 Å². The maximum atomic E-state index is 9.33. The molecule has 0 saturated carbocycles. The van der Waals surface area contributed by atoms with Crippen molar-refractivity contribution in [3.63, 3.8) is 0 Å². The summed E-state index contributed by atoms with van der Waals surface area (Å²) in [5, 5.41) is 21.6. The van der Waals surface area contributed by atoms with E-state index in [0.717, 1.165) is 0 Å². The number of allylic oxidation sites excluding steroid dienone is 2. The molecule has 20 heavy (non-hydrogen) atoms. The highest BCUT2D eigenvalue weighted by molar-refractivity contribution is 7.63. The molecule has 6 heteroatoms. The highest BCUT2D eigenvalue weighted by atomic mass is 32.1. The van der Waals surface area contributed by atoms with Gasteiger partial charge in [0.15, 0.2) is 0 Å². The molecule has 100 valence electrons. The van der Waals surface area contributed by atoms with Crippen LogP contribution >= 0.6 is 0 Å². The third-order valence-corrected chi connectivity index (χ3v) is 3.37. The number of hydrogen-bond acceptors (Lipinski definition) is 6. The lowest BCUT2D eigenvalue weighted by Crippen LogP contribution is -2.29. The van der Waals surface area contributed by atoms with Crippen molar-refractivity contribution in [3.05, 3.63) is 51.8 Å². The van der Waals surface area contributed by atoms with E-state index in [1.807, 2.05) is 18.2 Å². The molecule has 3 N–H and O–H groups in total. The highest BCUT2D eigenvalue weighted by Crippen LogP contribution is 2.39. The molecule has 5 nitrogen and oxygen atoms in total. The van der Waals surface area contributed by atoms with Gasteiger partial charge in [0.25, 0.3) is 0 Å². The van der Waals surface area contributed by atoms with E-state index in [4.69, 9.17) is 23.1 Å². The fraction of sp³-hybridized carbons (Fsp3) is 0.143. The molecule has 1 aliphatic heterocycles. The number of nitrogens with one attached hydrogen (secondary N) is 1. The molecule has 1 aromatic carbocycles.